The fraction of sp³-hybridized carbons (Fsp3) is 1.00. The maximum Gasteiger partial charge on any atom is 0.399 e. The summed E-state index contributed by atoms with van der Waals surface area (Å²) in [4.78, 5) is 0. The van der Waals surface area contributed by atoms with Gasteiger partial charge in [-0.3, -0.25) is 0 Å². The highest BCUT2D eigenvalue weighted by Gasteiger charge is 2.43. The van der Waals surface area contributed by atoms with Crippen molar-refractivity contribution in [2.45, 2.75) is 27.7 Å². The smallest absolute Gasteiger partial charge is 0.247 e. The van der Waals surface area contributed by atoms with Crippen LogP contribution >= 0.6 is 0 Å². The summed E-state index contributed by atoms with van der Waals surface area (Å²) >= 11 is 0. The highest BCUT2D eigenvalue weighted by molar-refractivity contribution is 7.81. The van der Waals surface area contributed by atoms with Crippen molar-refractivity contribution < 1.29 is 16.8 Å². The van der Waals surface area contributed by atoms with Crippen LogP contribution in [-0.2, 0) is 18.8 Å². The minimum absolute atomic E-state index is 0.0387. The van der Waals surface area contributed by atoms with E-state index in [2.05, 4.69) is 8.37 Å². The van der Waals surface area contributed by atoms with Gasteiger partial charge in [0.1, 0.15) is 0 Å². The van der Waals surface area contributed by atoms with Gasteiger partial charge in [0.05, 0.1) is 13.2 Å². The van der Waals surface area contributed by atoms with Crippen molar-refractivity contribution in [2.75, 3.05) is 13.2 Å². The lowest BCUT2D eigenvalue weighted by atomic mass is 9.69. The summed E-state index contributed by atoms with van der Waals surface area (Å²) < 4.78 is 31.0. The largest absolute Gasteiger partial charge is 0.399 e. The van der Waals surface area contributed by atoms with Gasteiger partial charge in [-0.2, -0.15) is 8.42 Å². The molecule has 13 heavy (non-hydrogen) atoms. The first-order chi connectivity index (χ1) is 5.66. The summed E-state index contributed by atoms with van der Waals surface area (Å²) in [5, 5.41) is 0. The van der Waals surface area contributed by atoms with Crippen molar-refractivity contribution in [1.29, 1.82) is 0 Å². The Labute approximate surface area is 79.6 Å². The molecular weight excluding hydrogens is 192 g/mol. The van der Waals surface area contributed by atoms with Crippen LogP contribution in [0.4, 0.5) is 0 Å². The van der Waals surface area contributed by atoms with Gasteiger partial charge in [-0.15, -0.1) is 0 Å². The SMILES string of the molecule is CC(C)(C)C1(C)COS(=O)(=O)OC1. The van der Waals surface area contributed by atoms with Gasteiger partial charge in [0.25, 0.3) is 0 Å². The number of hydrogen-bond acceptors (Lipinski definition) is 4. The van der Waals surface area contributed by atoms with Crippen molar-refractivity contribution >= 4 is 10.4 Å². The van der Waals surface area contributed by atoms with Crippen LogP contribution in [0, 0.1) is 10.8 Å². The first-order valence-electron chi connectivity index (χ1n) is 4.20. The molecule has 0 aliphatic carbocycles. The predicted octanol–water partition coefficient (Wildman–Crippen LogP) is 1.33. The van der Waals surface area contributed by atoms with E-state index in [1.165, 1.54) is 0 Å². The summed E-state index contributed by atoms with van der Waals surface area (Å²) in [6, 6.07) is 0. The Morgan fingerprint density at radius 1 is 1.15 bits per heavy atom. The molecule has 1 aliphatic heterocycles. The van der Waals surface area contributed by atoms with Crippen LogP contribution in [0.3, 0.4) is 0 Å². The zero-order chi connectivity index (χ0) is 10.3. The summed E-state index contributed by atoms with van der Waals surface area (Å²) in [6.07, 6.45) is 0. The molecule has 78 valence electrons. The molecule has 0 aromatic heterocycles. The zero-order valence-corrected chi connectivity index (χ0v) is 9.27. The Morgan fingerprint density at radius 2 is 1.54 bits per heavy atom. The molecule has 1 aliphatic rings. The Morgan fingerprint density at radius 3 is 1.85 bits per heavy atom. The summed E-state index contributed by atoms with van der Waals surface area (Å²) in [7, 11) is -3.71. The molecule has 1 rings (SSSR count). The number of rotatable bonds is 0. The first kappa shape index (κ1) is 10.9. The molecule has 0 saturated carbocycles. The van der Waals surface area contributed by atoms with Gasteiger partial charge in [-0.05, 0) is 5.41 Å². The van der Waals surface area contributed by atoms with Crippen LogP contribution in [-0.4, -0.2) is 21.6 Å². The zero-order valence-electron chi connectivity index (χ0n) is 8.46. The third-order valence-electron chi connectivity index (χ3n) is 2.85. The quantitative estimate of drug-likeness (QED) is 0.602. The lowest BCUT2D eigenvalue weighted by Gasteiger charge is -2.42. The molecular formula is C8H16O4S. The van der Waals surface area contributed by atoms with Crippen molar-refractivity contribution in [3.05, 3.63) is 0 Å². The van der Waals surface area contributed by atoms with E-state index in [-0.39, 0.29) is 24.0 Å². The van der Waals surface area contributed by atoms with Gasteiger partial charge in [0, 0.05) is 5.41 Å². The second-order valence-electron chi connectivity index (χ2n) is 4.74. The molecule has 1 saturated heterocycles. The second-order valence-corrected chi connectivity index (χ2v) is 6.03. The Bertz CT molecular complexity index is 272. The molecule has 0 bridgehead atoms. The predicted molar refractivity (Wildman–Crippen MR) is 48.4 cm³/mol. The molecule has 0 aromatic rings. The van der Waals surface area contributed by atoms with Crippen LogP contribution < -0.4 is 0 Å². The van der Waals surface area contributed by atoms with E-state index in [4.69, 9.17) is 0 Å². The Kier molecular flexibility index (Phi) is 2.47. The van der Waals surface area contributed by atoms with E-state index in [0.717, 1.165) is 0 Å². The van der Waals surface area contributed by atoms with Crippen molar-refractivity contribution in [1.82, 2.24) is 0 Å². The second kappa shape index (κ2) is 2.93. The molecule has 0 aromatic carbocycles. The molecule has 4 nitrogen and oxygen atoms in total. The minimum atomic E-state index is -3.71. The van der Waals surface area contributed by atoms with Crippen LogP contribution in [0.25, 0.3) is 0 Å². The molecule has 0 radical (unpaired) electrons. The molecule has 0 unspecified atom stereocenters. The minimum Gasteiger partial charge on any atom is -0.247 e. The van der Waals surface area contributed by atoms with Crippen LogP contribution in [0.2, 0.25) is 0 Å². The van der Waals surface area contributed by atoms with Crippen molar-refractivity contribution in [3.8, 4) is 0 Å². The van der Waals surface area contributed by atoms with E-state index in [9.17, 15) is 8.42 Å². The van der Waals surface area contributed by atoms with E-state index < -0.39 is 10.4 Å². The molecule has 5 heteroatoms. The van der Waals surface area contributed by atoms with Crippen molar-refractivity contribution in [2.24, 2.45) is 10.8 Å². The lowest BCUT2D eigenvalue weighted by molar-refractivity contribution is -0.0356. The molecule has 0 N–H and O–H groups in total. The maximum atomic E-state index is 10.8. The molecule has 0 spiro atoms. The molecule has 1 fully saturated rings. The first-order valence-corrected chi connectivity index (χ1v) is 5.53. The van der Waals surface area contributed by atoms with Crippen molar-refractivity contribution in [3.63, 3.8) is 0 Å². The van der Waals surface area contributed by atoms with Gasteiger partial charge >= 0.3 is 10.4 Å². The van der Waals surface area contributed by atoms with Crippen LogP contribution in [0.15, 0.2) is 0 Å². The summed E-state index contributed by atoms with van der Waals surface area (Å²) in [5.41, 5.74) is -0.290. The average molecular weight is 208 g/mol. The normalized spacial score (nSPS) is 27.1. The lowest BCUT2D eigenvalue weighted by Crippen LogP contribution is -2.46. The van der Waals surface area contributed by atoms with Gasteiger partial charge in [-0.25, -0.2) is 8.37 Å². The van der Waals surface area contributed by atoms with Gasteiger partial charge in [0.15, 0.2) is 0 Å². The van der Waals surface area contributed by atoms with Crippen LogP contribution in [0.5, 0.6) is 0 Å². The average Bonchev–Trinajstić information content (AvgIpc) is 1.94. The standard InChI is InChI=1S/C8H16O4S/c1-7(2,3)8(4)5-11-13(9,10)12-6-8/h5-6H2,1-4H3. The summed E-state index contributed by atoms with van der Waals surface area (Å²) in [5.74, 6) is 0. The Hall–Kier alpha value is -0.130. The van der Waals surface area contributed by atoms with Gasteiger partial charge in [-0.1, -0.05) is 27.7 Å². The van der Waals surface area contributed by atoms with E-state index >= 15 is 0 Å². The maximum absolute atomic E-state index is 10.8. The van der Waals surface area contributed by atoms with E-state index in [0.29, 0.717) is 0 Å². The Balaban J connectivity index is 2.79. The molecule has 0 atom stereocenters. The fourth-order valence-electron chi connectivity index (χ4n) is 0.913. The van der Waals surface area contributed by atoms with Gasteiger partial charge < -0.3 is 0 Å². The highest BCUT2D eigenvalue weighted by atomic mass is 32.3. The molecule has 1 heterocycles. The monoisotopic (exact) mass is 208 g/mol. The highest BCUT2D eigenvalue weighted by Crippen LogP contribution is 2.41. The third kappa shape index (κ3) is 2.21. The number of hydrogen-bond donors (Lipinski definition) is 0. The summed E-state index contributed by atoms with van der Waals surface area (Å²) in [6.45, 7) is 8.46. The van der Waals surface area contributed by atoms with Gasteiger partial charge in [0.2, 0.25) is 0 Å². The topological polar surface area (TPSA) is 52.6 Å². The molecule has 0 amide bonds. The van der Waals surface area contributed by atoms with E-state index in [1.54, 1.807) is 0 Å². The fourth-order valence-corrected chi connectivity index (χ4v) is 1.79. The van der Waals surface area contributed by atoms with Crippen LogP contribution in [0.1, 0.15) is 27.7 Å². The third-order valence-corrected chi connectivity index (χ3v) is 3.67. The van der Waals surface area contributed by atoms with E-state index in [1.807, 2.05) is 27.7 Å².